The molecule has 0 radical (unpaired) electrons. The number of halogens is 3. The Kier molecular flexibility index (Phi) is 4.24. The number of nitrogens with one attached hydrogen (secondary N) is 1. The molecule has 0 aromatic carbocycles. The van der Waals surface area contributed by atoms with Crippen LogP contribution in [0, 0.1) is 0 Å². The van der Waals surface area contributed by atoms with Crippen LogP contribution in [0.15, 0.2) is 0 Å². The van der Waals surface area contributed by atoms with E-state index in [1.807, 2.05) is 0 Å². The van der Waals surface area contributed by atoms with Crippen molar-refractivity contribution in [2.24, 2.45) is 0 Å². The minimum Gasteiger partial charge on any atom is -0.384 e. The molecule has 0 amide bonds. The quantitative estimate of drug-likeness (QED) is 0.869. The van der Waals surface area contributed by atoms with Crippen molar-refractivity contribution < 1.29 is 17.9 Å². The van der Waals surface area contributed by atoms with E-state index in [0.29, 0.717) is 24.1 Å². The Hall–Kier alpha value is -0.660. The molecule has 1 heterocycles. The number of thiazole rings is 1. The molecule has 1 fully saturated rings. The zero-order chi connectivity index (χ0) is 13.2. The largest absolute Gasteiger partial charge is 0.434 e. The third-order valence-electron chi connectivity index (χ3n) is 2.66. The van der Waals surface area contributed by atoms with E-state index in [4.69, 9.17) is 4.74 Å². The number of aromatic nitrogens is 1. The fourth-order valence-corrected chi connectivity index (χ4v) is 2.58. The molecule has 7 heteroatoms. The Labute approximate surface area is 107 Å². The summed E-state index contributed by atoms with van der Waals surface area (Å²) in [6.45, 7) is 0.643. The lowest BCUT2D eigenvalue weighted by Gasteiger charge is -2.06. The Bertz CT molecular complexity index is 401. The van der Waals surface area contributed by atoms with Gasteiger partial charge in [-0.3, -0.25) is 0 Å². The Morgan fingerprint density at radius 1 is 1.44 bits per heavy atom. The van der Waals surface area contributed by atoms with Gasteiger partial charge in [0.25, 0.3) is 0 Å². The van der Waals surface area contributed by atoms with Crippen LogP contribution in [0.2, 0.25) is 0 Å². The van der Waals surface area contributed by atoms with Gasteiger partial charge in [0.2, 0.25) is 0 Å². The maximum atomic E-state index is 12.8. The summed E-state index contributed by atoms with van der Waals surface area (Å²) in [6, 6.07) is 0.385. The van der Waals surface area contributed by atoms with Gasteiger partial charge >= 0.3 is 6.18 Å². The molecular formula is C11H15F3N2OS. The third-order valence-corrected chi connectivity index (χ3v) is 3.77. The van der Waals surface area contributed by atoms with Crippen LogP contribution in [-0.2, 0) is 23.9 Å². The van der Waals surface area contributed by atoms with E-state index in [1.54, 1.807) is 0 Å². The van der Waals surface area contributed by atoms with Crippen LogP contribution in [0.4, 0.5) is 13.2 Å². The van der Waals surface area contributed by atoms with E-state index in [-0.39, 0.29) is 11.4 Å². The van der Waals surface area contributed by atoms with Gasteiger partial charge in [-0.05, 0) is 12.8 Å². The molecule has 1 aromatic heterocycles. The molecule has 0 atom stereocenters. The second-order valence-electron chi connectivity index (χ2n) is 4.28. The van der Waals surface area contributed by atoms with Gasteiger partial charge in [-0.2, -0.15) is 13.2 Å². The maximum Gasteiger partial charge on any atom is 0.434 e. The Morgan fingerprint density at radius 2 is 2.17 bits per heavy atom. The van der Waals surface area contributed by atoms with Crippen LogP contribution < -0.4 is 5.32 Å². The van der Waals surface area contributed by atoms with E-state index in [2.05, 4.69) is 10.3 Å². The molecule has 1 N–H and O–H groups in total. The number of nitrogens with zero attached hydrogens (tertiary/aromatic N) is 1. The average Bonchev–Trinajstić information content (AvgIpc) is 3.02. The molecule has 18 heavy (non-hydrogen) atoms. The first kappa shape index (κ1) is 13.8. The molecule has 0 unspecified atom stereocenters. The highest BCUT2D eigenvalue weighted by atomic mass is 32.1. The van der Waals surface area contributed by atoms with Gasteiger partial charge in [-0.1, -0.05) is 0 Å². The Balaban J connectivity index is 2.09. The van der Waals surface area contributed by atoms with Gasteiger partial charge < -0.3 is 10.1 Å². The maximum absolute atomic E-state index is 12.8. The van der Waals surface area contributed by atoms with Crippen molar-refractivity contribution in [2.75, 3.05) is 13.7 Å². The Morgan fingerprint density at radius 3 is 2.72 bits per heavy atom. The van der Waals surface area contributed by atoms with Crippen LogP contribution in [0.25, 0.3) is 0 Å². The number of rotatable bonds is 6. The molecule has 1 aromatic rings. The van der Waals surface area contributed by atoms with Crippen LogP contribution in [-0.4, -0.2) is 24.7 Å². The van der Waals surface area contributed by atoms with Crippen molar-refractivity contribution in [1.29, 1.82) is 0 Å². The summed E-state index contributed by atoms with van der Waals surface area (Å²) >= 11 is 1.12. The molecule has 0 bridgehead atoms. The second kappa shape index (κ2) is 5.54. The summed E-state index contributed by atoms with van der Waals surface area (Å²) in [5, 5.41) is 3.58. The first-order chi connectivity index (χ1) is 8.50. The van der Waals surface area contributed by atoms with Gasteiger partial charge in [-0.25, -0.2) is 4.98 Å². The van der Waals surface area contributed by atoms with Crippen molar-refractivity contribution in [3.8, 4) is 0 Å². The van der Waals surface area contributed by atoms with E-state index in [9.17, 15) is 13.2 Å². The molecule has 0 spiro atoms. The molecule has 2 rings (SSSR count). The minimum absolute atomic E-state index is 0.254. The van der Waals surface area contributed by atoms with Crippen LogP contribution in [0.5, 0.6) is 0 Å². The third kappa shape index (κ3) is 3.66. The van der Waals surface area contributed by atoms with Crippen LogP contribution in [0.3, 0.4) is 0 Å². The van der Waals surface area contributed by atoms with Gasteiger partial charge in [0.05, 0.1) is 16.5 Å². The van der Waals surface area contributed by atoms with E-state index >= 15 is 0 Å². The van der Waals surface area contributed by atoms with Crippen LogP contribution in [0.1, 0.15) is 28.4 Å². The summed E-state index contributed by atoms with van der Waals surface area (Å²) in [7, 11) is 1.52. The summed E-state index contributed by atoms with van der Waals surface area (Å²) < 4.78 is 43.3. The smallest absolute Gasteiger partial charge is 0.384 e. The number of ether oxygens (including phenoxy) is 1. The predicted molar refractivity (Wildman–Crippen MR) is 62.6 cm³/mol. The van der Waals surface area contributed by atoms with Gasteiger partial charge in [-0.15, -0.1) is 11.3 Å². The summed E-state index contributed by atoms with van der Waals surface area (Å²) in [4.78, 5) is 3.97. The zero-order valence-electron chi connectivity index (χ0n) is 10.0. The molecule has 1 aliphatic carbocycles. The van der Waals surface area contributed by atoms with Gasteiger partial charge in [0.1, 0.15) is 0 Å². The number of hydrogen-bond acceptors (Lipinski definition) is 4. The number of alkyl halides is 3. The van der Waals surface area contributed by atoms with E-state index < -0.39 is 11.9 Å². The topological polar surface area (TPSA) is 34.1 Å². The standard InChI is InChI=1S/C11H15F3N2OS/c1-17-5-4-9-16-10(11(12,13)14)8(18-9)6-15-7-2-3-7/h7,15H,2-6H2,1H3. The predicted octanol–water partition coefficient (Wildman–Crippen LogP) is 2.60. The monoisotopic (exact) mass is 280 g/mol. The first-order valence-electron chi connectivity index (χ1n) is 5.79. The fraction of sp³-hybridized carbons (Fsp3) is 0.727. The van der Waals surface area contributed by atoms with Crippen molar-refractivity contribution in [2.45, 2.75) is 38.0 Å². The van der Waals surface area contributed by atoms with Gasteiger partial charge in [0.15, 0.2) is 5.69 Å². The summed E-state index contributed by atoms with van der Waals surface area (Å²) in [6.07, 6.45) is -1.84. The fourth-order valence-electron chi connectivity index (χ4n) is 1.56. The lowest BCUT2D eigenvalue weighted by atomic mass is 10.3. The lowest BCUT2D eigenvalue weighted by Crippen LogP contribution is -2.18. The lowest BCUT2D eigenvalue weighted by molar-refractivity contribution is -0.141. The van der Waals surface area contributed by atoms with Crippen molar-refractivity contribution in [3.05, 3.63) is 15.6 Å². The van der Waals surface area contributed by atoms with Gasteiger partial charge in [0, 0.05) is 26.1 Å². The first-order valence-corrected chi connectivity index (χ1v) is 6.60. The van der Waals surface area contributed by atoms with Crippen molar-refractivity contribution in [1.82, 2.24) is 10.3 Å². The zero-order valence-corrected chi connectivity index (χ0v) is 10.8. The molecule has 1 saturated carbocycles. The molecule has 0 saturated heterocycles. The number of methoxy groups -OCH3 is 1. The number of hydrogen-bond donors (Lipinski definition) is 1. The molecular weight excluding hydrogens is 265 g/mol. The van der Waals surface area contributed by atoms with E-state index in [1.165, 1.54) is 7.11 Å². The second-order valence-corrected chi connectivity index (χ2v) is 5.44. The van der Waals surface area contributed by atoms with Crippen LogP contribution >= 0.6 is 11.3 Å². The highest BCUT2D eigenvalue weighted by Crippen LogP contribution is 2.35. The molecule has 102 valence electrons. The van der Waals surface area contributed by atoms with Crippen molar-refractivity contribution in [3.63, 3.8) is 0 Å². The average molecular weight is 280 g/mol. The normalized spacial score (nSPS) is 16.2. The van der Waals surface area contributed by atoms with E-state index in [0.717, 1.165) is 24.2 Å². The molecule has 0 aliphatic heterocycles. The highest BCUT2D eigenvalue weighted by molar-refractivity contribution is 7.11. The summed E-state index contributed by atoms with van der Waals surface area (Å²) in [5.74, 6) is 0. The van der Waals surface area contributed by atoms with Crippen molar-refractivity contribution >= 4 is 11.3 Å². The minimum atomic E-state index is -4.37. The summed E-state index contributed by atoms with van der Waals surface area (Å²) in [5.41, 5.74) is -0.744. The molecule has 3 nitrogen and oxygen atoms in total. The highest BCUT2D eigenvalue weighted by Gasteiger charge is 2.37. The SMILES string of the molecule is COCCc1nc(C(F)(F)F)c(CNC2CC2)s1. The molecule has 1 aliphatic rings.